The molecule has 1 aliphatic heterocycles. The summed E-state index contributed by atoms with van der Waals surface area (Å²) in [6.45, 7) is 8.49. The number of pyridine rings is 1. The molecule has 1 saturated carbocycles. The molecule has 1 unspecified atom stereocenters. The van der Waals surface area contributed by atoms with Crippen molar-refractivity contribution in [1.29, 1.82) is 0 Å². The van der Waals surface area contributed by atoms with Crippen molar-refractivity contribution in [1.82, 2.24) is 19.9 Å². The summed E-state index contributed by atoms with van der Waals surface area (Å²) < 4.78 is 55.5. The Morgan fingerprint density at radius 1 is 1.02 bits per heavy atom. The Hall–Kier alpha value is -4.52. The number of likely N-dealkylation sites (tertiary alicyclic amines) is 1. The number of piperidine rings is 1. The third-order valence-electron chi connectivity index (χ3n) is 8.54. The lowest BCUT2D eigenvalue weighted by molar-refractivity contribution is 0.0206. The molecular weight excluding hydrogens is 635 g/mol. The van der Waals surface area contributed by atoms with Gasteiger partial charge in [-0.05, 0) is 95.2 Å². The molecule has 13 heteroatoms. The summed E-state index contributed by atoms with van der Waals surface area (Å²) >= 11 is 0. The van der Waals surface area contributed by atoms with E-state index in [9.17, 15) is 13.2 Å². The zero-order valence-corrected chi connectivity index (χ0v) is 28.4. The van der Waals surface area contributed by atoms with Gasteiger partial charge in [-0.3, -0.25) is 4.72 Å². The first-order valence-electron chi connectivity index (χ1n) is 16.3. The van der Waals surface area contributed by atoms with Gasteiger partial charge in [0.25, 0.3) is 0 Å². The van der Waals surface area contributed by atoms with Crippen molar-refractivity contribution in [3.05, 3.63) is 66.2 Å². The van der Waals surface area contributed by atoms with E-state index in [1.807, 2.05) is 33.8 Å². The maximum atomic E-state index is 15.1. The molecule has 2 aliphatic rings. The average molecular weight is 677 g/mol. The highest BCUT2D eigenvalue weighted by atomic mass is 32.2. The van der Waals surface area contributed by atoms with Crippen molar-refractivity contribution >= 4 is 38.5 Å². The number of carbonyl (C=O) groups excluding carboxylic acids is 1. The fourth-order valence-electron chi connectivity index (χ4n) is 5.98. The van der Waals surface area contributed by atoms with E-state index < -0.39 is 21.4 Å². The van der Waals surface area contributed by atoms with Crippen LogP contribution in [0.2, 0.25) is 0 Å². The van der Waals surface area contributed by atoms with Crippen LogP contribution >= 0.6 is 0 Å². The molecule has 1 atom stereocenters. The maximum Gasteiger partial charge on any atom is 0.410 e. The first kappa shape index (κ1) is 33.4. The topological polar surface area (TPSA) is 136 Å². The van der Waals surface area contributed by atoms with Crippen molar-refractivity contribution in [2.45, 2.75) is 71.4 Å². The van der Waals surface area contributed by atoms with Crippen LogP contribution in [0.4, 0.5) is 20.8 Å². The van der Waals surface area contributed by atoms with Gasteiger partial charge in [0.2, 0.25) is 21.9 Å². The second kappa shape index (κ2) is 13.5. The van der Waals surface area contributed by atoms with Gasteiger partial charge in [0.05, 0.1) is 22.7 Å². The number of sulfonamides is 1. The minimum absolute atomic E-state index is 0.0339. The van der Waals surface area contributed by atoms with Crippen LogP contribution in [0, 0.1) is 18.7 Å². The molecule has 254 valence electrons. The predicted octanol–water partition coefficient (Wildman–Crippen LogP) is 7.28. The number of fused-ring (bicyclic) bond motifs is 1. The number of nitrogens with zero attached hydrogens (tertiary/aromatic N) is 4. The smallest absolute Gasteiger partial charge is 0.410 e. The van der Waals surface area contributed by atoms with Gasteiger partial charge >= 0.3 is 6.09 Å². The highest BCUT2D eigenvalue weighted by Crippen LogP contribution is 2.40. The Balaban J connectivity index is 1.25. The molecule has 0 bridgehead atoms. The molecule has 1 saturated heterocycles. The van der Waals surface area contributed by atoms with Gasteiger partial charge < -0.3 is 19.7 Å². The van der Waals surface area contributed by atoms with E-state index in [0.29, 0.717) is 46.8 Å². The molecule has 6 rings (SSSR count). The third-order valence-corrected chi connectivity index (χ3v) is 9.97. The molecule has 2 aromatic heterocycles. The zero-order chi connectivity index (χ0) is 34.1. The summed E-state index contributed by atoms with van der Waals surface area (Å²) in [4.78, 5) is 28.0. The number of nitrogens with one attached hydrogen (secondary N) is 2. The van der Waals surface area contributed by atoms with E-state index in [4.69, 9.17) is 14.5 Å². The zero-order valence-electron chi connectivity index (χ0n) is 27.6. The first-order chi connectivity index (χ1) is 22.8. The second-order valence-corrected chi connectivity index (χ2v) is 15.3. The largest absolute Gasteiger partial charge is 0.444 e. The Kier molecular flexibility index (Phi) is 9.41. The molecule has 1 aliphatic carbocycles. The van der Waals surface area contributed by atoms with Gasteiger partial charge in [0.1, 0.15) is 17.2 Å². The summed E-state index contributed by atoms with van der Waals surface area (Å²) in [6.07, 6.45) is 7.30. The minimum atomic E-state index is -3.75. The minimum Gasteiger partial charge on any atom is -0.444 e. The van der Waals surface area contributed by atoms with Crippen LogP contribution in [-0.4, -0.2) is 64.8 Å². The standard InChI is InChI=1S/C35H41FN6O5S/c1-22-12-13-25-26(14-15-28(36)30(25)41-48(44,45)21-23-8-5-9-23)31(22)46-32-27(11-6-17-37-32)29-16-18-38-33(40-29)39-24-10-7-19-42(20-24)34(43)47-35(2,3)4/h6,11-18,23-24,41H,5,7-10,19-21H2,1-4H3,(H,38,39,40). The van der Waals surface area contributed by atoms with E-state index in [1.165, 1.54) is 6.07 Å². The number of amides is 1. The van der Waals surface area contributed by atoms with E-state index in [-0.39, 0.29) is 35.4 Å². The molecule has 0 spiro atoms. The van der Waals surface area contributed by atoms with Crippen molar-refractivity contribution in [3.63, 3.8) is 0 Å². The van der Waals surface area contributed by atoms with Gasteiger partial charge in [-0.2, -0.15) is 0 Å². The number of ether oxygens (including phenoxy) is 2. The van der Waals surface area contributed by atoms with E-state index in [2.05, 4.69) is 20.0 Å². The highest BCUT2D eigenvalue weighted by Gasteiger charge is 2.29. The molecule has 3 heterocycles. The number of aryl methyl sites for hydroxylation is 1. The number of rotatable bonds is 9. The van der Waals surface area contributed by atoms with Crippen molar-refractivity contribution in [2.24, 2.45) is 5.92 Å². The molecule has 2 fully saturated rings. The Labute approximate surface area is 280 Å². The highest BCUT2D eigenvalue weighted by molar-refractivity contribution is 7.92. The molecular formula is C35H41FN6O5S. The van der Waals surface area contributed by atoms with Gasteiger partial charge in [0, 0.05) is 42.3 Å². The number of carbonyl (C=O) groups is 1. The lowest BCUT2D eigenvalue weighted by Gasteiger charge is -2.34. The van der Waals surface area contributed by atoms with Crippen LogP contribution < -0.4 is 14.8 Å². The molecule has 48 heavy (non-hydrogen) atoms. The van der Waals surface area contributed by atoms with Crippen molar-refractivity contribution in [3.8, 4) is 22.9 Å². The number of hydrogen-bond donors (Lipinski definition) is 2. The molecule has 4 aromatic rings. The van der Waals surface area contributed by atoms with Crippen LogP contribution in [0.5, 0.6) is 11.6 Å². The summed E-state index contributed by atoms with van der Waals surface area (Å²) in [5.41, 5.74) is 1.24. The summed E-state index contributed by atoms with van der Waals surface area (Å²) in [5, 5.41) is 4.28. The van der Waals surface area contributed by atoms with E-state index >= 15 is 4.39 Å². The second-order valence-electron chi connectivity index (χ2n) is 13.5. The van der Waals surface area contributed by atoms with Crippen LogP contribution in [-0.2, 0) is 14.8 Å². The van der Waals surface area contributed by atoms with Crippen LogP contribution in [0.15, 0.2) is 54.9 Å². The van der Waals surface area contributed by atoms with Crippen LogP contribution in [0.3, 0.4) is 0 Å². The van der Waals surface area contributed by atoms with Gasteiger partial charge in [-0.25, -0.2) is 32.6 Å². The number of anilines is 2. The summed E-state index contributed by atoms with van der Waals surface area (Å²) in [5.74, 6) is 0.478. The lowest BCUT2D eigenvalue weighted by atomic mass is 9.87. The van der Waals surface area contributed by atoms with Gasteiger partial charge in [-0.1, -0.05) is 18.6 Å². The number of benzene rings is 2. The van der Waals surface area contributed by atoms with Crippen molar-refractivity contribution in [2.75, 3.05) is 28.9 Å². The lowest BCUT2D eigenvalue weighted by Crippen LogP contribution is -2.47. The normalized spacial score (nSPS) is 17.1. The van der Waals surface area contributed by atoms with Gasteiger partial charge in [0.15, 0.2) is 0 Å². The summed E-state index contributed by atoms with van der Waals surface area (Å²) in [7, 11) is -3.75. The predicted molar refractivity (Wildman–Crippen MR) is 183 cm³/mol. The van der Waals surface area contributed by atoms with Crippen LogP contribution in [0.25, 0.3) is 22.0 Å². The Morgan fingerprint density at radius 3 is 2.56 bits per heavy atom. The summed E-state index contributed by atoms with van der Waals surface area (Å²) in [6, 6.07) is 11.6. The Bertz CT molecular complexity index is 1930. The number of aromatic nitrogens is 3. The van der Waals surface area contributed by atoms with E-state index in [0.717, 1.165) is 37.7 Å². The molecule has 11 nitrogen and oxygen atoms in total. The number of hydrogen-bond acceptors (Lipinski definition) is 9. The van der Waals surface area contributed by atoms with Gasteiger partial charge in [-0.15, -0.1) is 0 Å². The fraction of sp³-hybridized carbons (Fsp3) is 0.429. The molecule has 2 N–H and O–H groups in total. The third kappa shape index (κ3) is 7.78. The molecule has 2 aromatic carbocycles. The van der Waals surface area contributed by atoms with Crippen molar-refractivity contribution < 1.29 is 27.1 Å². The molecule has 0 radical (unpaired) electrons. The maximum absolute atomic E-state index is 15.1. The first-order valence-corrected chi connectivity index (χ1v) is 17.9. The SMILES string of the molecule is Cc1ccc2c(NS(=O)(=O)CC3CCC3)c(F)ccc2c1Oc1ncccc1-c1ccnc(NC2CCCN(C(=O)OC(C)(C)C)C2)n1. The Morgan fingerprint density at radius 2 is 1.81 bits per heavy atom. The fourth-order valence-corrected chi connectivity index (χ4v) is 7.53. The van der Waals surface area contributed by atoms with Crippen LogP contribution in [0.1, 0.15) is 58.4 Å². The van der Waals surface area contributed by atoms with E-state index in [1.54, 1.807) is 47.6 Å². The quantitative estimate of drug-likeness (QED) is 0.187. The molecule has 1 amide bonds. The average Bonchev–Trinajstić information content (AvgIpc) is 3.01. The monoisotopic (exact) mass is 676 g/mol. The number of halogens is 1.